The maximum Gasteiger partial charge on any atom is 0.236 e. The highest BCUT2D eigenvalue weighted by Gasteiger charge is 2.42. The van der Waals surface area contributed by atoms with E-state index in [1.165, 1.54) is 0 Å². The Labute approximate surface area is 161 Å². The number of amides is 2. The third kappa shape index (κ3) is 5.05. The largest absolute Gasteiger partial charge is 0.395 e. The second-order valence-corrected chi connectivity index (χ2v) is 7.95. The third-order valence-corrected chi connectivity index (χ3v) is 5.70. The second kappa shape index (κ2) is 8.80. The predicted octanol–water partition coefficient (Wildman–Crippen LogP) is 0.737. The van der Waals surface area contributed by atoms with Gasteiger partial charge in [0, 0.05) is 50.8 Å². The van der Waals surface area contributed by atoms with Gasteiger partial charge in [-0.1, -0.05) is 6.07 Å². The zero-order valence-electron chi connectivity index (χ0n) is 16.1. The van der Waals surface area contributed by atoms with E-state index in [1.54, 1.807) is 11.1 Å². The first-order chi connectivity index (χ1) is 13.0. The highest BCUT2D eigenvalue weighted by atomic mass is 16.3. The van der Waals surface area contributed by atoms with E-state index in [4.69, 9.17) is 0 Å². The summed E-state index contributed by atoms with van der Waals surface area (Å²) in [6, 6.07) is 5.80. The van der Waals surface area contributed by atoms with Crippen molar-refractivity contribution in [2.45, 2.75) is 32.2 Å². The number of aromatic nitrogens is 1. The Kier molecular flexibility index (Phi) is 6.44. The van der Waals surface area contributed by atoms with E-state index in [0.717, 1.165) is 31.5 Å². The Morgan fingerprint density at radius 2 is 2.19 bits per heavy atom. The fourth-order valence-corrected chi connectivity index (χ4v) is 4.34. The highest BCUT2D eigenvalue weighted by molar-refractivity contribution is 5.79. The van der Waals surface area contributed by atoms with E-state index in [2.05, 4.69) is 4.98 Å². The zero-order chi connectivity index (χ0) is 19.3. The number of piperidine rings is 2. The van der Waals surface area contributed by atoms with Gasteiger partial charge in [0.15, 0.2) is 0 Å². The van der Waals surface area contributed by atoms with Gasteiger partial charge in [-0.05, 0) is 38.4 Å². The number of nitrogens with zero attached hydrogens (tertiary/aromatic N) is 4. The van der Waals surface area contributed by atoms with Crippen LogP contribution in [-0.2, 0) is 16.1 Å². The molecule has 0 bridgehead atoms. The normalized spacial score (nSPS) is 23.3. The van der Waals surface area contributed by atoms with Crippen LogP contribution in [-0.4, -0.2) is 83.0 Å². The molecule has 3 heterocycles. The van der Waals surface area contributed by atoms with E-state index < -0.39 is 0 Å². The standard InChI is InChI=1S/C20H30N4O3/c1-22(13-17-5-2-3-9-21-17)14-19(27)23-10-4-7-20(15-23)8-6-18(26)24(16-20)11-12-25/h2-3,5,9,25H,4,6-8,10-16H2,1H3/t20-/m1/s1. The van der Waals surface area contributed by atoms with Gasteiger partial charge in [0.1, 0.15) is 0 Å². The number of β-amino-alcohol motifs (C(OH)–C–C–N with tert-alkyl or cyclic N) is 1. The van der Waals surface area contributed by atoms with E-state index in [0.29, 0.717) is 39.1 Å². The molecule has 1 aromatic heterocycles. The number of rotatable bonds is 6. The van der Waals surface area contributed by atoms with Crippen molar-refractivity contribution >= 4 is 11.8 Å². The molecular weight excluding hydrogens is 344 g/mol. The van der Waals surface area contributed by atoms with Crippen molar-refractivity contribution in [3.8, 4) is 0 Å². The predicted molar refractivity (Wildman–Crippen MR) is 102 cm³/mol. The number of hydrogen-bond donors (Lipinski definition) is 1. The molecule has 7 heteroatoms. The maximum absolute atomic E-state index is 12.8. The minimum atomic E-state index is -0.0173. The van der Waals surface area contributed by atoms with Crippen LogP contribution in [0.25, 0.3) is 0 Å². The minimum absolute atomic E-state index is 0.0111. The summed E-state index contributed by atoms with van der Waals surface area (Å²) in [6.07, 6.45) is 5.12. The number of likely N-dealkylation sites (tertiary alicyclic amines) is 2. The molecule has 2 aliphatic rings. The van der Waals surface area contributed by atoms with Crippen molar-refractivity contribution in [3.63, 3.8) is 0 Å². The second-order valence-electron chi connectivity index (χ2n) is 7.95. The zero-order valence-corrected chi connectivity index (χ0v) is 16.1. The van der Waals surface area contributed by atoms with Crippen LogP contribution >= 0.6 is 0 Å². The minimum Gasteiger partial charge on any atom is -0.395 e. The fourth-order valence-electron chi connectivity index (χ4n) is 4.34. The molecule has 2 aliphatic heterocycles. The molecule has 0 radical (unpaired) electrons. The van der Waals surface area contributed by atoms with E-state index in [9.17, 15) is 14.7 Å². The van der Waals surface area contributed by atoms with Gasteiger partial charge in [-0.15, -0.1) is 0 Å². The molecule has 7 nitrogen and oxygen atoms in total. The quantitative estimate of drug-likeness (QED) is 0.795. The van der Waals surface area contributed by atoms with Crippen molar-refractivity contribution in [1.82, 2.24) is 19.7 Å². The molecule has 2 saturated heterocycles. The van der Waals surface area contributed by atoms with Gasteiger partial charge in [0.05, 0.1) is 18.8 Å². The molecule has 0 unspecified atom stereocenters. The van der Waals surface area contributed by atoms with Gasteiger partial charge >= 0.3 is 0 Å². The molecule has 0 saturated carbocycles. The van der Waals surface area contributed by atoms with Crippen molar-refractivity contribution in [2.24, 2.45) is 5.41 Å². The molecule has 2 amide bonds. The Hall–Kier alpha value is -1.99. The smallest absolute Gasteiger partial charge is 0.236 e. The Morgan fingerprint density at radius 3 is 2.93 bits per heavy atom. The van der Waals surface area contributed by atoms with Gasteiger partial charge in [-0.3, -0.25) is 19.5 Å². The first kappa shape index (κ1) is 19.8. The number of aliphatic hydroxyl groups is 1. The first-order valence-electron chi connectivity index (χ1n) is 9.76. The van der Waals surface area contributed by atoms with E-state index >= 15 is 0 Å². The number of pyridine rings is 1. The lowest BCUT2D eigenvalue weighted by molar-refractivity contribution is -0.143. The van der Waals surface area contributed by atoms with Crippen LogP contribution < -0.4 is 0 Å². The average molecular weight is 374 g/mol. The Morgan fingerprint density at radius 1 is 1.33 bits per heavy atom. The van der Waals surface area contributed by atoms with Crippen LogP contribution in [0.3, 0.4) is 0 Å². The molecule has 148 valence electrons. The molecule has 0 aliphatic carbocycles. The van der Waals surface area contributed by atoms with Crippen LogP contribution in [0.15, 0.2) is 24.4 Å². The summed E-state index contributed by atoms with van der Waals surface area (Å²) in [5, 5.41) is 9.21. The topological polar surface area (TPSA) is 77.0 Å². The number of carbonyl (C=O) groups excluding carboxylic acids is 2. The molecular formula is C20H30N4O3. The van der Waals surface area contributed by atoms with Crippen LogP contribution in [0.5, 0.6) is 0 Å². The van der Waals surface area contributed by atoms with Crippen LogP contribution in [0.2, 0.25) is 0 Å². The fraction of sp³-hybridized carbons (Fsp3) is 0.650. The number of aliphatic hydroxyl groups excluding tert-OH is 1. The maximum atomic E-state index is 12.8. The molecule has 0 aromatic carbocycles. The van der Waals surface area contributed by atoms with Crippen LogP contribution in [0, 0.1) is 5.41 Å². The molecule has 3 rings (SSSR count). The summed E-state index contributed by atoms with van der Waals surface area (Å²) < 4.78 is 0. The number of carbonyl (C=O) groups is 2. The molecule has 27 heavy (non-hydrogen) atoms. The lowest BCUT2D eigenvalue weighted by Gasteiger charge is -2.48. The number of hydrogen-bond acceptors (Lipinski definition) is 5. The summed E-state index contributed by atoms with van der Waals surface area (Å²) in [5.74, 6) is 0.256. The van der Waals surface area contributed by atoms with Crippen LogP contribution in [0.1, 0.15) is 31.4 Å². The Balaban J connectivity index is 1.57. The van der Waals surface area contributed by atoms with E-state index in [1.807, 2.05) is 35.0 Å². The summed E-state index contributed by atoms with van der Waals surface area (Å²) in [5.41, 5.74) is 0.935. The summed E-state index contributed by atoms with van der Waals surface area (Å²) >= 11 is 0. The SMILES string of the molecule is CN(CC(=O)N1CCC[C@@]2(CCC(=O)N(CCO)C2)C1)Cc1ccccn1. The van der Waals surface area contributed by atoms with Crippen molar-refractivity contribution in [3.05, 3.63) is 30.1 Å². The molecule has 2 fully saturated rings. The van der Waals surface area contributed by atoms with E-state index in [-0.39, 0.29) is 23.8 Å². The highest BCUT2D eigenvalue weighted by Crippen LogP contribution is 2.38. The van der Waals surface area contributed by atoms with Crippen molar-refractivity contribution in [2.75, 3.05) is 46.4 Å². The summed E-state index contributed by atoms with van der Waals surface area (Å²) in [6.45, 7) is 3.53. The Bertz CT molecular complexity index is 654. The lowest BCUT2D eigenvalue weighted by Crippen LogP contribution is -2.56. The first-order valence-corrected chi connectivity index (χ1v) is 9.76. The van der Waals surface area contributed by atoms with Crippen molar-refractivity contribution in [1.29, 1.82) is 0 Å². The summed E-state index contributed by atoms with van der Waals surface area (Å²) in [4.78, 5) is 34.9. The van der Waals surface area contributed by atoms with Gasteiger partial charge in [-0.2, -0.15) is 0 Å². The van der Waals surface area contributed by atoms with Crippen molar-refractivity contribution < 1.29 is 14.7 Å². The van der Waals surface area contributed by atoms with Gasteiger partial charge in [0.25, 0.3) is 0 Å². The average Bonchev–Trinajstić information content (AvgIpc) is 2.66. The molecule has 1 atom stereocenters. The third-order valence-electron chi connectivity index (χ3n) is 5.70. The van der Waals surface area contributed by atoms with Crippen LogP contribution in [0.4, 0.5) is 0 Å². The van der Waals surface area contributed by atoms with Gasteiger partial charge < -0.3 is 14.9 Å². The number of likely N-dealkylation sites (N-methyl/N-ethyl adjacent to an activating group) is 1. The lowest BCUT2D eigenvalue weighted by atomic mass is 9.73. The van der Waals surface area contributed by atoms with Gasteiger partial charge in [-0.25, -0.2) is 0 Å². The summed E-state index contributed by atoms with van der Waals surface area (Å²) in [7, 11) is 1.94. The molecule has 1 aromatic rings. The monoisotopic (exact) mass is 374 g/mol. The van der Waals surface area contributed by atoms with Gasteiger partial charge in [0.2, 0.25) is 11.8 Å². The molecule has 1 spiro atoms. The molecule has 1 N–H and O–H groups in total.